The van der Waals surface area contributed by atoms with Crippen molar-refractivity contribution in [3.8, 4) is 0 Å². The van der Waals surface area contributed by atoms with E-state index in [1.54, 1.807) is 11.3 Å². The summed E-state index contributed by atoms with van der Waals surface area (Å²) >= 11 is 1.80. The third-order valence-electron chi connectivity index (χ3n) is 6.17. The first-order valence-corrected chi connectivity index (χ1v) is 11.7. The predicted octanol–water partition coefficient (Wildman–Crippen LogP) is 7.59. The van der Waals surface area contributed by atoms with Gasteiger partial charge in [0.25, 0.3) is 0 Å². The van der Waals surface area contributed by atoms with Crippen molar-refractivity contribution < 1.29 is 0 Å². The molecule has 0 saturated carbocycles. The Morgan fingerprint density at radius 1 is 1.15 bits per heavy atom. The molecule has 142 valence electrons. The molecule has 2 aliphatic rings. The van der Waals surface area contributed by atoms with Gasteiger partial charge in [0, 0.05) is 0 Å². The molecule has 2 heteroatoms. The predicted molar refractivity (Wildman–Crippen MR) is 116 cm³/mol. The number of thiophene rings is 1. The van der Waals surface area contributed by atoms with Crippen molar-refractivity contribution in [2.24, 2.45) is 16.8 Å². The van der Waals surface area contributed by atoms with Crippen molar-refractivity contribution in [1.29, 1.82) is 0 Å². The maximum atomic E-state index is 5.18. The average Bonchev–Trinajstić information content (AvgIpc) is 3.21. The number of aliphatic imine (C=N–C) groups is 1. The third-order valence-corrected chi connectivity index (χ3v) is 7.06. The van der Waals surface area contributed by atoms with Gasteiger partial charge in [0.1, 0.15) is 0 Å². The standard InChI is InChI=1S/C24H35NS/c1-3-5-6-10-19(4-2)11-7-12-20-13-8-14-21-16-17-22(25-24(20)21)23-15-9-18-26-23/h9,14-20,24H,3-8,10-13H2,1-2H3. The summed E-state index contributed by atoms with van der Waals surface area (Å²) in [5.74, 6) is 1.68. The molecular formula is C24H35NS. The van der Waals surface area contributed by atoms with Gasteiger partial charge in [-0.1, -0.05) is 77.0 Å². The molecule has 1 nitrogen and oxygen atoms in total. The zero-order valence-electron chi connectivity index (χ0n) is 16.6. The van der Waals surface area contributed by atoms with Crippen LogP contribution in [0.25, 0.3) is 0 Å². The summed E-state index contributed by atoms with van der Waals surface area (Å²) in [5.41, 5.74) is 2.66. The van der Waals surface area contributed by atoms with Crippen molar-refractivity contribution >= 4 is 17.0 Å². The van der Waals surface area contributed by atoms with Gasteiger partial charge in [0.15, 0.2) is 0 Å². The average molecular weight is 370 g/mol. The normalized spacial score (nSPS) is 23.3. The maximum absolute atomic E-state index is 5.18. The van der Waals surface area contributed by atoms with E-state index in [0.717, 1.165) is 11.8 Å². The summed E-state index contributed by atoms with van der Waals surface area (Å²) in [6.07, 6.45) is 20.6. The Morgan fingerprint density at radius 3 is 2.81 bits per heavy atom. The highest BCUT2D eigenvalue weighted by Gasteiger charge is 2.28. The summed E-state index contributed by atoms with van der Waals surface area (Å²) in [5, 5.41) is 2.15. The van der Waals surface area contributed by atoms with Gasteiger partial charge in [-0.15, -0.1) is 11.3 Å². The minimum Gasteiger partial charge on any atom is -0.276 e. The molecule has 0 spiro atoms. The van der Waals surface area contributed by atoms with Crippen LogP contribution in [0, 0.1) is 11.8 Å². The summed E-state index contributed by atoms with van der Waals surface area (Å²) in [6.45, 7) is 4.68. The second-order valence-corrected chi connectivity index (χ2v) is 8.96. The van der Waals surface area contributed by atoms with E-state index in [4.69, 9.17) is 4.99 Å². The third kappa shape index (κ3) is 5.19. The van der Waals surface area contributed by atoms with Crippen LogP contribution in [0.1, 0.15) is 82.9 Å². The van der Waals surface area contributed by atoms with Crippen LogP contribution in [0.2, 0.25) is 0 Å². The minimum absolute atomic E-state index is 0.408. The molecule has 0 amide bonds. The fourth-order valence-electron chi connectivity index (χ4n) is 4.51. The minimum atomic E-state index is 0.408. The lowest BCUT2D eigenvalue weighted by Crippen LogP contribution is -2.27. The second kappa shape index (κ2) is 10.3. The van der Waals surface area contributed by atoms with Gasteiger partial charge in [0.2, 0.25) is 0 Å². The Bertz CT molecular complexity index is 623. The van der Waals surface area contributed by atoms with Crippen molar-refractivity contribution in [3.05, 3.63) is 46.2 Å². The Balaban J connectivity index is 1.55. The van der Waals surface area contributed by atoms with Crippen LogP contribution in [0.3, 0.4) is 0 Å². The molecule has 3 atom stereocenters. The first-order chi connectivity index (χ1) is 12.8. The van der Waals surface area contributed by atoms with E-state index in [-0.39, 0.29) is 0 Å². The van der Waals surface area contributed by atoms with Crippen molar-refractivity contribution in [2.75, 3.05) is 0 Å². The largest absolute Gasteiger partial charge is 0.276 e. The molecule has 3 unspecified atom stereocenters. The number of hydrogen-bond acceptors (Lipinski definition) is 2. The Hall–Kier alpha value is -1.15. The van der Waals surface area contributed by atoms with Crippen LogP contribution < -0.4 is 0 Å². The highest BCUT2D eigenvalue weighted by atomic mass is 32.1. The molecule has 0 bridgehead atoms. The lowest BCUT2D eigenvalue weighted by molar-refractivity contribution is 0.339. The van der Waals surface area contributed by atoms with E-state index >= 15 is 0 Å². The summed E-state index contributed by atoms with van der Waals surface area (Å²) in [7, 11) is 0. The summed E-state index contributed by atoms with van der Waals surface area (Å²) in [6, 6.07) is 4.73. The van der Waals surface area contributed by atoms with E-state index in [0.29, 0.717) is 6.04 Å². The quantitative estimate of drug-likeness (QED) is 0.377. The zero-order valence-corrected chi connectivity index (χ0v) is 17.4. The lowest BCUT2D eigenvalue weighted by atomic mass is 9.79. The number of allylic oxidation sites excluding steroid dienone is 2. The van der Waals surface area contributed by atoms with Crippen molar-refractivity contribution in [1.82, 2.24) is 0 Å². The van der Waals surface area contributed by atoms with Crippen LogP contribution >= 0.6 is 11.3 Å². The van der Waals surface area contributed by atoms with Crippen LogP contribution in [-0.2, 0) is 0 Å². The van der Waals surface area contributed by atoms with E-state index in [2.05, 4.69) is 49.6 Å². The van der Waals surface area contributed by atoms with E-state index in [9.17, 15) is 0 Å². The molecule has 3 rings (SSSR count). The van der Waals surface area contributed by atoms with E-state index in [1.165, 1.54) is 80.4 Å². The second-order valence-electron chi connectivity index (χ2n) is 8.01. The SMILES string of the molecule is CCCCCC(CC)CCCC1CCC=C2C=CC(c3cccs3)=NC21. The molecule has 1 aliphatic carbocycles. The Morgan fingerprint density at radius 2 is 2.04 bits per heavy atom. The van der Waals surface area contributed by atoms with Crippen molar-refractivity contribution in [2.45, 2.75) is 84.1 Å². The lowest BCUT2D eigenvalue weighted by Gasteiger charge is -2.31. The van der Waals surface area contributed by atoms with Crippen LogP contribution in [0.15, 0.2) is 46.3 Å². The molecule has 26 heavy (non-hydrogen) atoms. The number of nitrogens with zero attached hydrogens (tertiary/aromatic N) is 1. The molecule has 2 heterocycles. The van der Waals surface area contributed by atoms with E-state index in [1.807, 2.05) is 0 Å². The maximum Gasteiger partial charge on any atom is 0.0781 e. The number of fused-ring (bicyclic) bond motifs is 1. The highest BCUT2D eigenvalue weighted by molar-refractivity contribution is 7.12. The Kier molecular flexibility index (Phi) is 7.73. The van der Waals surface area contributed by atoms with Gasteiger partial charge in [-0.3, -0.25) is 4.99 Å². The molecule has 0 aromatic carbocycles. The zero-order chi connectivity index (χ0) is 18.2. The summed E-state index contributed by atoms with van der Waals surface area (Å²) in [4.78, 5) is 6.49. The van der Waals surface area contributed by atoms with Gasteiger partial charge in [-0.2, -0.15) is 0 Å². The first kappa shape index (κ1) is 19.6. The van der Waals surface area contributed by atoms with Crippen molar-refractivity contribution in [3.63, 3.8) is 0 Å². The molecule has 1 aliphatic heterocycles. The van der Waals surface area contributed by atoms with Crippen LogP contribution in [0.5, 0.6) is 0 Å². The molecule has 0 fully saturated rings. The van der Waals surface area contributed by atoms with Gasteiger partial charge < -0.3 is 0 Å². The number of hydrogen-bond donors (Lipinski definition) is 0. The number of unbranched alkanes of at least 4 members (excludes halogenated alkanes) is 2. The van der Waals surface area contributed by atoms with Gasteiger partial charge in [0.05, 0.1) is 16.6 Å². The smallest absolute Gasteiger partial charge is 0.0781 e. The van der Waals surface area contributed by atoms with Gasteiger partial charge in [-0.05, 0) is 54.2 Å². The number of rotatable bonds is 10. The monoisotopic (exact) mass is 369 g/mol. The van der Waals surface area contributed by atoms with E-state index < -0.39 is 0 Å². The number of dihydropyridines is 1. The van der Waals surface area contributed by atoms with Crippen LogP contribution in [0.4, 0.5) is 0 Å². The first-order valence-electron chi connectivity index (χ1n) is 10.8. The van der Waals surface area contributed by atoms with Gasteiger partial charge >= 0.3 is 0 Å². The molecule has 1 aromatic rings. The van der Waals surface area contributed by atoms with Gasteiger partial charge in [-0.25, -0.2) is 0 Å². The topological polar surface area (TPSA) is 12.4 Å². The molecular weight excluding hydrogens is 334 g/mol. The molecule has 0 N–H and O–H groups in total. The highest BCUT2D eigenvalue weighted by Crippen LogP contribution is 2.35. The summed E-state index contributed by atoms with van der Waals surface area (Å²) < 4.78 is 0. The molecule has 0 saturated heterocycles. The molecule has 1 aromatic heterocycles. The fourth-order valence-corrected chi connectivity index (χ4v) is 5.21. The molecule has 0 radical (unpaired) electrons. The fraction of sp³-hybridized carbons (Fsp3) is 0.625. The van der Waals surface area contributed by atoms with Crippen LogP contribution in [-0.4, -0.2) is 11.8 Å². The Labute approximate surface area is 164 Å².